The van der Waals surface area contributed by atoms with Gasteiger partial charge in [-0.3, -0.25) is 9.59 Å². The maximum Gasteiger partial charge on any atom is 0.307 e. The highest BCUT2D eigenvalue weighted by Crippen LogP contribution is 2.14. The average molecular weight is 381 g/mol. The van der Waals surface area contributed by atoms with Gasteiger partial charge in [-0.1, -0.05) is 42.0 Å². The summed E-state index contributed by atoms with van der Waals surface area (Å²) in [6.45, 7) is 4.81. The van der Waals surface area contributed by atoms with Crippen molar-refractivity contribution in [2.24, 2.45) is 0 Å². The van der Waals surface area contributed by atoms with Crippen LogP contribution in [0.1, 0.15) is 30.0 Å². The molecule has 0 unspecified atom stereocenters. The van der Waals surface area contributed by atoms with Gasteiger partial charge in [-0.05, 0) is 43.2 Å². The van der Waals surface area contributed by atoms with Gasteiger partial charge in [0.2, 0.25) is 5.91 Å². The zero-order valence-corrected chi connectivity index (χ0v) is 16.7. The van der Waals surface area contributed by atoms with Gasteiger partial charge in [-0.15, -0.1) is 0 Å². The van der Waals surface area contributed by atoms with E-state index >= 15 is 0 Å². The number of amides is 1. The molecular formula is C23H27NO4. The number of esters is 1. The van der Waals surface area contributed by atoms with E-state index in [1.54, 1.807) is 31.1 Å². The van der Waals surface area contributed by atoms with Gasteiger partial charge in [0.1, 0.15) is 5.75 Å². The van der Waals surface area contributed by atoms with Gasteiger partial charge in [0.05, 0.1) is 20.1 Å². The van der Waals surface area contributed by atoms with Gasteiger partial charge in [0, 0.05) is 19.2 Å². The lowest BCUT2D eigenvalue weighted by molar-refractivity contribution is -0.143. The summed E-state index contributed by atoms with van der Waals surface area (Å²) in [4.78, 5) is 26.1. The SMILES string of the molecule is CCOC(=O)CCN(Cc1ccc(OC)cc1)C(=O)/C=C/c1ccc(C)cc1. The lowest BCUT2D eigenvalue weighted by atomic mass is 10.1. The summed E-state index contributed by atoms with van der Waals surface area (Å²) in [6, 6.07) is 15.5. The number of carbonyl (C=O) groups excluding carboxylic acids is 2. The summed E-state index contributed by atoms with van der Waals surface area (Å²) in [5, 5.41) is 0. The topological polar surface area (TPSA) is 55.8 Å². The molecule has 1 amide bonds. The third kappa shape index (κ3) is 6.91. The fourth-order valence-corrected chi connectivity index (χ4v) is 2.63. The first-order valence-electron chi connectivity index (χ1n) is 9.34. The maximum atomic E-state index is 12.7. The molecule has 0 aliphatic carbocycles. The van der Waals surface area contributed by atoms with Crippen LogP contribution in [0.25, 0.3) is 6.08 Å². The minimum atomic E-state index is -0.308. The van der Waals surface area contributed by atoms with Crippen LogP contribution in [0.15, 0.2) is 54.6 Å². The van der Waals surface area contributed by atoms with Crippen LogP contribution in [0, 0.1) is 6.92 Å². The van der Waals surface area contributed by atoms with E-state index < -0.39 is 0 Å². The molecule has 2 aromatic carbocycles. The molecule has 0 radical (unpaired) electrons. The van der Waals surface area contributed by atoms with Gasteiger partial charge in [0.25, 0.3) is 0 Å². The van der Waals surface area contributed by atoms with Gasteiger partial charge in [0.15, 0.2) is 0 Å². The fraction of sp³-hybridized carbons (Fsp3) is 0.304. The molecule has 0 spiro atoms. The van der Waals surface area contributed by atoms with Crippen molar-refractivity contribution < 1.29 is 19.1 Å². The highest BCUT2D eigenvalue weighted by molar-refractivity contribution is 5.92. The first-order valence-corrected chi connectivity index (χ1v) is 9.34. The van der Waals surface area contributed by atoms with Gasteiger partial charge >= 0.3 is 5.97 Å². The van der Waals surface area contributed by atoms with Crippen molar-refractivity contribution in [3.63, 3.8) is 0 Å². The Hall–Kier alpha value is -3.08. The molecule has 0 bridgehead atoms. The number of benzene rings is 2. The number of hydrogen-bond acceptors (Lipinski definition) is 4. The molecule has 5 nitrogen and oxygen atoms in total. The third-order valence-electron chi connectivity index (χ3n) is 4.23. The Morgan fingerprint density at radius 3 is 2.32 bits per heavy atom. The molecule has 0 saturated heterocycles. The monoisotopic (exact) mass is 381 g/mol. The fourth-order valence-electron chi connectivity index (χ4n) is 2.63. The summed E-state index contributed by atoms with van der Waals surface area (Å²) in [5.41, 5.74) is 3.08. The van der Waals surface area contributed by atoms with E-state index in [-0.39, 0.29) is 18.3 Å². The van der Waals surface area contributed by atoms with Crippen LogP contribution < -0.4 is 4.74 Å². The molecule has 0 fully saturated rings. The summed E-state index contributed by atoms with van der Waals surface area (Å²) < 4.78 is 10.2. The van der Waals surface area contributed by atoms with Gasteiger partial charge < -0.3 is 14.4 Å². The molecule has 0 aliphatic heterocycles. The number of rotatable bonds is 9. The Kier molecular flexibility index (Phi) is 8.28. The number of aryl methyl sites for hydroxylation is 1. The van der Waals surface area contributed by atoms with E-state index in [0.29, 0.717) is 19.7 Å². The predicted molar refractivity (Wildman–Crippen MR) is 110 cm³/mol. The Labute approximate surface area is 166 Å². The molecular weight excluding hydrogens is 354 g/mol. The Balaban J connectivity index is 2.09. The largest absolute Gasteiger partial charge is 0.497 e. The minimum absolute atomic E-state index is 0.152. The van der Waals surface area contributed by atoms with Crippen LogP contribution in [0.2, 0.25) is 0 Å². The number of methoxy groups -OCH3 is 1. The van der Waals surface area contributed by atoms with Crippen molar-refractivity contribution in [2.45, 2.75) is 26.8 Å². The van der Waals surface area contributed by atoms with E-state index in [0.717, 1.165) is 16.9 Å². The normalized spacial score (nSPS) is 10.7. The van der Waals surface area contributed by atoms with E-state index in [4.69, 9.17) is 9.47 Å². The second-order valence-corrected chi connectivity index (χ2v) is 6.41. The molecule has 5 heteroatoms. The van der Waals surface area contributed by atoms with Gasteiger partial charge in [-0.25, -0.2) is 0 Å². The Morgan fingerprint density at radius 2 is 1.71 bits per heavy atom. The zero-order valence-electron chi connectivity index (χ0n) is 16.7. The lowest BCUT2D eigenvalue weighted by Crippen LogP contribution is -2.31. The number of nitrogens with zero attached hydrogens (tertiary/aromatic N) is 1. The van der Waals surface area contributed by atoms with Crippen molar-refractivity contribution in [1.29, 1.82) is 0 Å². The molecule has 2 rings (SSSR count). The van der Waals surface area contributed by atoms with Crippen molar-refractivity contribution >= 4 is 18.0 Å². The van der Waals surface area contributed by atoms with Crippen LogP contribution in [-0.2, 0) is 20.9 Å². The summed E-state index contributed by atoms with van der Waals surface area (Å²) >= 11 is 0. The van der Waals surface area contributed by atoms with Crippen LogP contribution in [-0.4, -0.2) is 37.0 Å². The highest BCUT2D eigenvalue weighted by Gasteiger charge is 2.14. The van der Waals surface area contributed by atoms with Crippen molar-refractivity contribution in [1.82, 2.24) is 4.90 Å². The van der Waals surface area contributed by atoms with E-state index in [2.05, 4.69) is 0 Å². The number of carbonyl (C=O) groups is 2. The smallest absolute Gasteiger partial charge is 0.307 e. The molecule has 0 saturated carbocycles. The van der Waals surface area contributed by atoms with Gasteiger partial charge in [-0.2, -0.15) is 0 Å². The van der Waals surface area contributed by atoms with Crippen LogP contribution in [0.4, 0.5) is 0 Å². The maximum absolute atomic E-state index is 12.7. The average Bonchev–Trinajstić information content (AvgIpc) is 2.71. The van der Waals surface area contributed by atoms with Crippen LogP contribution in [0.5, 0.6) is 5.75 Å². The van der Waals surface area contributed by atoms with E-state index in [1.165, 1.54) is 5.56 Å². The molecule has 0 aromatic heterocycles. The molecule has 0 aliphatic rings. The zero-order chi connectivity index (χ0) is 20.4. The number of hydrogen-bond donors (Lipinski definition) is 0. The van der Waals surface area contributed by atoms with E-state index in [1.807, 2.05) is 55.5 Å². The molecule has 28 heavy (non-hydrogen) atoms. The Bertz CT molecular complexity index is 794. The molecule has 0 atom stereocenters. The quantitative estimate of drug-likeness (QED) is 0.487. The van der Waals surface area contributed by atoms with Crippen molar-refractivity contribution in [3.8, 4) is 5.75 Å². The highest BCUT2D eigenvalue weighted by atomic mass is 16.5. The van der Waals surface area contributed by atoms with Crippen molar-refractivity contribution in [3.05, 3.63) is 71.3 Å². The van der Waals surface area contributed by atoms with Crippen LogP contribution in [0.3, 0.4) is 0 Å². The molecule has 0 N–H and O–H groups in total. The van der Waals surface area contributed by atoms with E-state index in [9.17, 15) is 9.59 Å². The van der Waals surface area contributed by atoms with Crippen LogP contribution >= 0.6 is 0 Å². The molecule has 148 valence electrons. The first-order chi connectivity index (χ1) is 13.5. The lowest BCUT2D eigenvalue weighted by Gasteiger charge is -2.21. The Morgan fingerprint density at radius 1 is 1.04 bits per heavy atom. The second kappa shape index (κ2) is 10.9. The summed E-state index contributed by atoms with van der Waals surface area (Å²) in [5.74, 6) is 0.297. The third-order valence-corrected chi connectivity index (χ3v) is 4.23. The minimum Gasteiger partial charge on any atom is -0.497 e. The molecule has 0 heterocycles. The first kappa shape index (κ1) is 21.2. The standard InChI is InChI=1S/C23H27NO4/c1-4-28-23(26)15-16-24(17-20-9-12-21(27-3)13-10-20)22(25)14-11-19-7-5-18(2)6-8-19/h5-14H,4,15-17H2,1-3H3/b14-11+. The predicted octanol–water partition coefficient (Wildman–Crippen LogP) is 4.00. The van der Waals surface area contributed by atoms with Crippen molar-refractivity contribution in [2.75, 3.05) is 20.3 Å². The molecule has 2 aromatic rings. The second-order valence-electron chi connectivity index (χ2n) is 6.41. The number of ether oxygens (including phenoxy) is 2. The summed E-state index contributed by atoms with van der Waals surface area (Å²) in [6.07, 6.45) is 3.49. The summed E-state index contributed by atoms with van der Waals surface area (Å²) in [7, 11) is 1.61.